The fourth-order valence-electron chi connectivity index (χ4n) is 1.99. The van der Waals surface area contributed by atoms with Crippen LogP contribution in [0.25, 0.3) is 11.3 Å². The van der Waals surface area contributed by atoms with Gasteiger partial charge in [-0.3, -0.25) is 9.89 Å². The van der Waals surface area contributed by atoms with Crippen LogP contribution in [-0.2, 0) is 0 Å². The minimum atomic E-state index is -0.599. The lowest BCUT2D eigenvalue weighted by Crippen LogP contribution is -2.13. The average Bonchev–Trinajstić information content (AvgIpc) is 3.01. The van der Waals surface area contributed by atoms with Gasteiger partial charge in [0.15, 0.2) is 0 Å². The summed E-state index contributed by atoms with van der Waals surface area (Å²) in [5.41, 5.74) is 1.77. The lowest BCUT2D eigenvalue weighted by atomic mass is 10.1. The molecule has 0 atom stereocenters. The van der Waals surface area contributed by atoms with E-state index in [2.05, 4.69) is 31.4 Å². The standard InChI is InChI=1S/C16H10BrClFN3O/c17-10-3-1-9(2-4-10)14-8-15(22-21-14)16(23)20-13-6-5-11(18)7-12(13)19/h1-8H,(H,20,23)(H,21,22). The maximum Gasteiger partial charge on any atom is 0.273 e. The molecule has 23 heavy (non-hydrogen) atoms. The van der Waals surface area contributed by atoms with Crippen LogP contribution in [0.2, 0.25) is 5.02 Å². The van der Waals surface area contributed by atoms with Crippen LogP contribution in [-0.4, -0.2) is 16.1 Å². The van der Waals surface area contributed by atoms with Crippen LogP contribution in [0.4, 0.5) is 10.1 Å². The number of benzene rings is 2. The number of nitrogens with one attached hydrogen (secondary N) is 2. The summed E-state index contributed by atoms with van der Waals surface area (Å²) in [6.45, 7) is 0. The molecule has 2 aromatic carbocycles. The number of nitrogens with zero attached hydrogens (tertiary/aromatic N) is 1. The molecular weight excluding hydrogens is 385 g/mol. The number of aromatic amines is 1. The predicted octanol–water partition coefficient (Wildman–Crippen LogP) is 4.88. The highest BCUT2D eigenvalue weighted by molar-refractivity contribution is 9.10. The lowest BCUT2D eigenvalue weighted by Gasteiger charge is -2.04. The summed E-state index contributed by atoms with van der Waals surface area (Å²) < 4.78 is 14.7. The van der Waals surface area contributed by atoms with Crippen molar-refractivity contribution in [1.29, 1.82) is 0 Å². The average molecular weight is 395 g/mol. The van der Waals surface area contributed by atoms with E-state index in [1.807, 2.05) is 24.3 Å². The number of anilines is 1. The zero-order valence-corrected chi connectivity index (χ0v) is 14.0. The molecule has 3 aromatic rings. The molecule has 7 heteroatoms. The molecule has 3 rings (SSSR count). The van der Waals surface area contributed by atoms with Gasteiger partial charge >= 0.3 is 0 Å². The van der Waals surface area contributed by atoms with Gasteiger partial charge in [-0.05, 0) is 36.4 Å². The van der Waals surface area contributed by atoms with Crippen molar-refractivity contribution in [2.45, 2.75) is 0 Å². The molecule has 0 saturated carbocycles. The number of aromatic nitrogens is 2. The molecule has 0 bridgehead atoms. The van der Waals surface area contributed by atoms with E-state index < -0.39 is 11.7 Å². The third kappa shape index (κ3) is 3.60. The van der Waals surface area contributed by atoms with Gasteiger partial charge < -0.3 is 5.32 Å². The molecule has 0 spiro atoms. The molecule has 1 amide bonds. The second kappa shape index (κ2) is 6.52. The van der Waals surface area contributed by atoms with Crippen LogP contribution in [0.15, 0.2) is 53.0 Å². The molecule has 2 N–H and O–H groups in total. The minimum Gasteiger partial charge on any atom is -0.318 e. The molecule has 0 aliphatic rings. The molecule has 1 heterocycles. The summed E-state index contributed by atoms with van der Waals surface area (Å²) in [6, 6.07) is 13.2. The summed E-state index contributed by atoms with van der Waals surface area (Å²) in [4.78, 5) is 12.2. The van der Waals surface area contributed by atoms with Gasteiger partial charge in [-0.2, -0.15) is 5.10 Å². The van der Waals surface area contributed by atoms with Crippen molar-refractivity contribution in [1.82, 2.24) is 10.2 Å². The molecule has 116 valence electrons. The Bertz CT molecular complexity index is 864. The first-order valence-corrected chi connectivity index (χ1v) is 7.78. The highest BCUT2D eigenvalue weighted by Gasteiger charge is 2.13. The van der Waals surface area contributed by atoms with Crippen molar-refractivity contribution in [3.63, 3.8) is 0 Å². The van der Waals surface area contributed by atoms with E-state index in [0.29, 0.717) is 5.69 Å². The van der Waals surface area contributed by atoms with Crippen molar-refractivity contribution < 1.29 is 9.18 Å². The quantitative estimate of drug-likeness (QED) is 0.665. The van der Waals surface area contributed by atoms with E-state index in [0.717, 1.165) is 16.1 Å². The van der Waals surface area contributed by atoms with Gasteiger partial charge in [0.25, 0.3) is 5.91 Å². The number of carbonyl (C=O) groups excluding carboxylic acids is 1. The first-order chi connectivity index (χ1) is 11.0. The number of hydrogen-bond acceptors (Lipinski definition) is 2. The fourth-order valence-corrected chi connectivity index (χ4v) is 2.41. The van der Waals surface area contributed by atoms with Crippen molar-refractivity contribution in [2.75, 3.05) is 5.32 Å². The Morgan fingerprint density at radius 1 is 1.17 bits per heavy atom. The first-order valence-electron chi connectivity index (χ1n) is 6.61. The zero-order valence-electron chi connectivity index (χ0n) is 11.6. The SMILES string of the molecule is O=C(Nc1ccc(Cl)cc1F)c1cc(-c2ccc(Br)cc2)n[nH]1. The smallest absolute Gasteiger partial charge is 0.273 e. The Morgan fingerprint density at radius 3 is 2.61 bits per heavy atom. The third-order valence-electron chi connectivity index (χ3n) is 3.14. The largest absolute Gasteiger partial charge is 0.318 e. The molecule has 0 unspecified atom stereocenters. The number of halogens is 3. The van der Waals surface area contributed by atoms with E-state index in [4.69, 9.17) is 11.6 Å². The zero-order chi connectivity index (χ0) is 16.4. The molecule has 1 aromatic heterocycles. The first kappa shape index (κ1) is 15.7. The normalized spacial score (nSPS) is 10.6. The number of rotatable bonds is 3. The van der Waals surface area contributed by atoms with Crippen LogP contribution in [0.1, 0.15) is 10.5 Å². The lowest BCUT2D eigenvalue weighted by molar-refractivity contribution is 0.102. The van der Waals surface area contributed by atoms with Gasteiger partial charge in [0, 0.05) is 15.1 Å². The van der Waals surface area contributed by atoms with Crippen LogP contribution in [0.5, 0.6) is 0 Å². The summed E-state index contributed by atoms with van der Waals surface area (Å²) in [5, 5.41) is 9.49. The summed E-state index contributed by atoms with van der Waals surface area (Å²) in [7, 11) is 0. The van der Waals surface area contributed by atoms with Crippen LogP contribution < -0.4 is 5.32 Å². The van der Waals surface area contributed by atoms with E-state index >= 15 is 0 Å². The Labute approximate surface area is 144 Å². The van der Waals surface area contributed by atoms with Crippen molar-refractivity contribution in [2.24, 2.45) is 0 Å². The fraction of sp³-hybridized carbons (Fsp3) is 0. The summed E-state index contributed by atoms with van der Waals surface area (Å²) in [6.07, 6.45) is 0. The maximum absolute atomic E-state index is 13.7. The molecule has 0 fully saturated rings. The third-order valence-corrected chi connectivity index (χ3v) is 3.91. The summed E-state index contributed by atoms with van der Waals surface area (Å²) in [5.74, 6) is -1.08. The van der Waals surface area contributed by atoms with Gasteiger partial charge in [0.05, 0.1) is 11.4 Å². The molecule has 0 aliphatic heterocycles. The van der Waals surface area contributed by atoms with Crippen LogP contribution in [0.3, 0.4) is 0 Å². The second-order valence-corrected chi connectivity index (χ2v) is 6.10. The monoisotopic (exact) mass is 393 g/mol. The predicted molar refractivity (Wildman–Crippen MR) is 91.1 cm³/mol. The van der Waals surface area contributed by atoms with Gasteiger partial charge in [-0.15, -0.1) is 0 Å². The van der Waals surface area contributed by atoms with E-state index in [-0.39, 0.29) is 16.4 Å². The molecule has 0 saturated heterocycles. The highest BCUT2D eigenvalue weighted by atomic mass is 79.9. The Balaban J connectivity index is 1.79. The second-order valence-electron chi connectivity index (χ2n) is 4.75. The van der Waals surface area contributed by atoms with Gasteiger partial charge in [-0.25, -0.2) is 4.39 Å². The number of hydrogen-bond donors (Lipinski definition) is 2. The van der Waals surface area contributed by atoms with Crippen molar-refractivity contribution in [3.8, 4) is 11.3 Å². The Morgan fingerprint density at radius 2 is 1.91 bits per heavy atom. The maximum atomic E-state index is 13.7. The minimum absolute atomic E-state index is 0.0548. The van der Waals surface area contributed by atoms with Crippen LogP contribution in [0, 0.1) is 5.82 Å². The van der Waals surface area contributed by atoms with Crippen molar-refractivity contribution in [3.05, 3.63) is 69.5 Å². The van der Waals surface area contributed by atoms with Crippen molar-refractivity contribution >= 4 is 39.1 Å². The van der Waals surface area contributed by atoms with Gasteiger partial charge in [0.2, 0.25) is 0 Å². The summed E-state index contributed by atoms with van der Waals surface area (Å²) >= 11 is 9.04. The van der Waals surface area contributed by atoms with Crippen LogP contribution >= 0.6 is 27.5 Å². The molecule has 4 nitrogen and oxygen atoms in total. The van der Waals surface area contributed by atoms with E-state index in [1.165, 1.54) is 12.1 Å². The Kier molecular flexibility index (Phi) is 4.45. The van der Waals surface area contributed by atoms with Gasteiger partial charge in [0.1, 0.15) is 11.5 Å². The number of amides is 1. The molecule has 0 aliphatic carbocycles. The topological polar surface area (TPSA) is 57.8 Å². The number of carbonyl (C=O) groups is 1. The number of H-pyrrole nitrogens is 1. The van der Waals surface area contributed by atoms with E-state index in [1.54, 1.807) is 6.07 Å². The highest BCUT2D eigenvalue weighted by Crippen LogP contribution is 2.22. The molecular formula is C16H10BrClFN3O. The van der Waals surface area contributed by atoms with Gasteiger partial charge in [-0.1, -0.05) is 39.7 Å². The molecule has 0 radical (unpaired) electrons. The van der Waals surface area contributed by atoms with E-state index in [9.17, 15) is 9.18 Å². The Hall–Kier alpha value is -2.18.